The Morgan fingerprint density at radius 1 is 0.610 bits per heavy atom. The van der Waals surface area contributed by atoms with Crippen molar-refractivity contribution in [1.29, 1.82) is 0 Å². The van der Waals surface area contributed by atoms with Gasteiger partial charge in [0.2, 0.25) is 0 Å². The van der Waals surface area contributed by atoms with Gasteiger partial charge in [0.05, 0.1) is 26.4 Å². The fourth-order valence-electron chi connectivity index (χ4n) is 4.66. The van der Waals surface area contributed by atoms with Gasteiger partial charge in [-0.05, 0) is 156 Å². The van der Waals surface area contributed by atoms with Gasteiger partial charge < -0.3 is 28.4 Å². The quantitative estimate of drug-likeness (QED) is 0.0462. The van der Waals surface area contributed by atoms with Gasteiger partial charge >= 0.3 is 5.97 Å². The van der Waals surface area contributed by atoms with E-state index in [1.54, 1.807) is 144 Å². The van der Waals surface area contributed by atoms with E-state index in [2.05, 4.69) is 6.58 Å². The summed E-state index contributed by atoms with van der Waals surface area (Å²) >= 11 is 5.85. The van der Waals surface area contributed by atoms with Gasteiger partial charge in [0.15, 0.2) is 5.06 Å². The predicted octanol–water partition coefficient (Wildman–Crippen LogP) is 10.8. The first-order chi connectivity index (χ1) is 28.1. The van der Waals surface area contributed by atoms with Crippen molar-refractivity contribution >= 4 is 42.5 Å². The summed E-state index contributed by atoms with van der Waals surface area (Å²) in [6.45, 7) is 13.9. The van der Waals surface area contributed by atoms with Crippen molar-refractivity contribution in [1.82, 2.24) is 0 Å². The molecule has 5 aromatic carbocycles. The summed E-state index contributed by atoms with van der Waals surface area (Å²) < 4.78 is 31.4. The van der Waals surface area contributed by atoms with Crippen LogP contribution >= 0.6 is 11.6 Å². The Labute approximate surface area is 352 Å². The standard InChI is InChI=1S/C19H20O4.C11H14O2.C10H11ClO2.C8H8O2/c1-4-15-13-14(11-12-21-2)5-10-18(15)23-19(20)16-6-8-17(22-3)9-7-16;1-11(2,3)13-10-6-4-9(8-12)5-7-10;1-10(2,11)13-9-5-3-8(7-12)4-6-9;1-10-8-4-2-7(6-9)3-5-8/h4-10,13H,1,11-12H2,2-3H3;4-8H,1-3H3;3-7H,1-2H3;2-6H,1H3. The molecule has 0 N–H and O–H groups in total. The number of alkyl halides is 1. The molecule has 312 valence electrons. The summed E-state index contributed by atoms with van der Waals surface area (Å²) in [7, 11) is 4.84. The fraction of sp³-hybridized carbons (Fsp3) is 0.250. The zero-order valence-corrected chi connectivity index (χ0v) is 35.6. The third kappa shape index (κ3) is 19.7. The number of halogens is 1. The predicted molar refractivity (Wildman–Crippen MR) is 233 cm³/mol. The van der Waals surface area contributed by atoms with Crippen LogP contribution < -0.4 is 23.7 Å². The Hall–Kier alpha value is -6.23. The number of methoxy groups -OCH3 is 3. The van der Waals surface area contributed by atoms with Crippen LogP contribution in [0.3, 0.4) is 0 Å². The van der Waals surface area contributed by atoms with E-state index in [1.165, 1.54) is 0 Å². The third-order valence-electron chi connectivity index (χ3n) is 7.49. The second kappa shape index (κ2) is 25.2. The van der Waals surface area contributed by atoms with E-state index < -0.39 is 11.0 Å². The Balaban J connectivity index is 0.000000287. The molecule has 59 heavy (non-hydrogen) atoms. The van der Waals surface area contributed by atoms with Crippen molar-refractivity contribution in [2.75, 3.05) is 27.9 Å². The number of aldehydes is 3. The lowest BCUT2D eigenvalue weighted by atomic mass is 10.1. The molecule has 0 aromatic heterocycles. The molecule has 0 radical (unpaired) electrons. The molecule has 5 aromatic rings. The monoisotopic (exact) mass is 824 g/mol. The summed E-state index contributed by atoms with van der Waals surface area (Å²) in [4.78, 5) is 43.1. The number of rotatable bonds is 14. The van der Waals surface area contributed by atoms with Crippen LogP contribution in [0.15, 0.2) is 122 Å². The van der Waals surface area contributed by atoms with E-state index in [1.807, 2.05) is 32.9 Å². The summed E-state index contributed by atoms with van der Waals surface area (Å²) in [5.41, 5.74) is 4.11. The van der Waals surface area contributed by atoms with E-state index in [4.69, 9.17) is 40.0 Å². The van der Waals surface area contributed by atoms with Crippen LogP contribution in [0.2, 0.25) is 0 Å². The first kappa shape index (κ1) is 48.9. The molecule has 5 rings (SSSR count). The Bertz CT molecular complexity index is 1960. The third-order valence-corrected chi connectivity index (χ3v) is 7.56. The minimum absolute atomic E-state index is 0.192. The van der Waals surface area contributed by atoms with Crippen LogP contribution in [-0.2, 0) is 11.2 Å². The molecule has 0 unspecified atom stereocenters. The summed E-state index contributed by atoms with van der Waals surface area (Å²) in [6, 6.07) is 33.3. The molecule has 0 aliphatic rings. The lowest BCUT2D eigenvalue weighted by molar-refractivity contribution is 0.0733. The molecule has 0 spiro atoms. The normalized spacial score (nSPS) is 10.3. The maximum Gasteiger partial charge on any atom is 0.343 e. The molecule has 10 nitrogen and oxygen atoms in total. The molecule has 0 bridgehead atoms. The number of benzene rings is 5. The maximum atomic E-state index is 12.2. The molecule has 11 heteroatoms. The number of hydrogen-bond donors (Lipinski definition) is 0. The SMILES string of the molecule is C=Cc1cc(CCOC)ccc1OC(=O)c1ccc(OC)cc1.CC(C)(C)Oc1ccc(C=O)cc1.CC(C)(Cl)Oc1ccc(C=O)cc1.COc1ccc(C=O)cc1. The first-order valence-corrected chi connectivity index (χ1v) is 18.8. The molecule has 0 atom stereocenters. The van der Waals surface area contributed by atoms with Gasteiger partial charge in [-0.2, -0.15) is 0 Å². The number of ether oxygens (including phenoxy) is 6. The summed E-state index contributed by atoms with van der Waals surface area (Å²) in [5, 5.41) is -0.720. The van der Waals surface area contributed by atoms with Crippen LogP contribution in [0.25, 0.3) is 6.08 Å². The van der Waals surface area contributed by atoms with Gasteiger partial charge in [0, 0.05) is 29.4 Å². The summed E-state index contributed by atoms with van der Waals surface area (Å²) in [6.07, 6.45) is 4.88. The number of carbonyl (C=O) groups excluding carboxylic acids is 4. The Kier molecular flexibility index (Phi) is 20.9. The van der Waals surface area contributed by atoms with Gasteiger partial charge in [0.1, 0.15) is 53.2 Å². The van der Waals surface area contributed by atoms with E-state index in [0.717, 1.165) is 47.9 Å². The highest BCUT2D eigenvalue weighted by Gasteiger charge is 2.15. The molecule has 0 amide bonds. The van der Waals surface area contributed by atoms with Gasteiger partial charge in [0.25, 0.3) is 0 Å². The molecule has 0 aliphatic heterocycles. The molecule has 0 heterocycles. The second-order valence-corrected chi connectivity index (χ2v) is 14.8. The van der Waals surface area contributed by atoms with Gasteiger partial charge in [-0.25, -0.2) is 4.79 Å². The average molecular weight is 825 g/mol. The number of esters is 1. The Morgan fingerprint density at radius 3 is 1.41 bits per heavy atom. The van der Waals surface area contributed by atoms with E-state index in [0.29, 0.717) is 46.1 Å². The molecule has 0 aliphatic carbocycles. The Morgan fingerprint density at radius 2 is 1.03 bits per heavy atom. The molecule has 0 fully saturated rings. The van der Waals surface area contributed by atoms with Crippen LogP contribution in [0, 0.1) is 0 Å². The molecule has 0 saturated carbocycles. The van der Waals surface area contributed by atoms with Crippen molar-refractivity contribution in [3.05, 3.63) is 155 Å². The van der Waals surface area contributed by atoms with Crippen LogP contribution in [0.1, 0.15) is 87.2 Å². The van der Waals surface area contributed by atoms with Crippen molar-refractivity contribution in [3.8, 4) is 28.7 Å². The highest BCUT2D eigenvalue weighted by molar-refractivity contribution is 6.22. The lowest BCUT2D eigenvalue weighted by Gasteiger charge is -2.21. The number of carbonyl (C=O) groups is 4. The minimum Gasteiger partial charge on any atom is -0.497 e. The zero-order valence-electron chi connectivity index (χ0n) is 34.9. The largest absolute Gasteiger partial charge is 0.497 e. The van der Waals surface area contributed by atoms with Gasteiger partial charge in [-0.1, -0.05) is 30.3 Å². The fourth-order valence-corrected chi connectivity index (χ4v) is 4.75. The highest BCUT2D eigenvalue weighted by Crippen LogP contribution is 2.24. The van der Waals surface area contributed by atoms with Crippen molar-refractivity contribution in [2.24, 2.45) is 0 Å². The zero-order chi connectivity index (χ0) is 43.8. The first-order valence-electron chi connectivity index (χ1n) is 18.4. The smallest absolute Gasteiger partial charge is 0.343 e. The van der Waals surface area contributed by atoms with Crippen LogP contribution in [-0.4, -0.2) is 63.4 Å². The van der Waals surface area contributed by atoms with Crippen LogP contribution in [0.5, 0.6) is 28.7 Å². The highest BCUT2D eigenvalue weighted by atomic mass is 35.5. The average Bonchev–Trinajstić information content (AvgIpc) is 3.23. The van der Waals surface area contributed by atoms with E-state index in [-0.39, 0.29) is 5.60 Å². The molecule has 0 saturated heterocycles. The van der Waals surface area contributed by atoms with Crippen LogP contribution in [0.4, 0.5) is 0 Å². The van der Waals surface area contributed by atoms with Gasteiger partial charge in [-0.3, -0.25) is 14.4 Å². The molecular formula is C48H53ClO10. The van der Waals surface area contributed by atoms with Crippen molar-refractivity contribution in [2.45, 2.75) is 51.7 Å². The lowest BCUT2D eigenvalue weighted by Crippen LogP contribution is -2.22. The summed E-state index contributed by atoms with van der Waals surface area (Å²) in [5.74, 6) is 2.98. The van der Waals surface area contributed by atoms with E-state index in [9.17, 15) is 19.2 Å². The van der Waals surface area contributed by atoms with Crippen molar-refractivity contribution in [3.63, 3.8) is 0 Å². The topological polar surface area (TPSA) is 124 Å². The van der Waals surface area contributed by atoms with Crippen molar-refractivity contribution < 1.29 is 47.6 Å². The maximum absolute atomic E-state index is 12.2. The van der Waals surface area contributed by atoms with E-state index >= 15 is 0 Å². The van der Waals surface area contributed by atoms with Gasteiger partial charge in [-0.15, -0.1) is 0 Å². The number of hydrogen-bond acceptors (Lipinski definition) is 10. The second-order valence-electron chi connectivity index (χ2n) is 13.9. The molecular weight excluding hydrogens is 772 g/mol. The minimum atomic E-state index is -0.720.